The summed E-state index contributed by atoms with van der Waals surface area (Å²) in [4.78, 5) is 0. The second-order valence-electron chi connectivity index (χ2n) is 6.43. The van der Waals surface area contributed by atoms with Gasteiger partial charge in [0.2, 0.25) is 0 Å². The molecule has 3 rings (SSSR count). The number of ether oxygens (including phenoxy) is 2. The van der Waals surface area contributed by atoms with E-state index in [4.69, 9.17) is 9.47 Å². The van der Waals surface area contributed by atoms with Crippen LogP contribution in [-0.2, 0) is 11.2 Å². The molecule has 1 unspecified atom stereocenters. The summed E-state index contributed by atoms with van der Waals surface area (Å²) < 4.78 is 11.2. The van der Waals surface area contributed by atoms with Gasteiger partial charge in [-0.25, -0.2) is 0 Å². The number of fused-ring (bicyclic) bond motifs is 1. The smallest absolute Gasteiger partial charge is 0.123 e. The fourth-order valence-corrected chi connectivity index (χ4v) is 3.20. The van der Waals surface area contributed by atoms with Crippen LogP contribution in [0.1, 0.15) is 30.4 Å². The molecule has 1 atom stereocenters. The SMILES string of the molecule is COCCNCC1(CC2Cc3cc(C)ccc3O2)CC1. The standard InChI is InChI=1S/C17H25NO2/c1-13-3-4-16-14(9-13)10-15(20-16)11-17(5-6-17)12-18-7-8-19-2/h3-4,9,15,18H,5-8,10-12H2,1-2H3. The van der Waals surface area contributed by atoms with Gasteiger partial charge < -0.3 is 14.8 Å². The summed E-state index contributed by atoms with van der Waals surface area (Å²) in [5, 5.41) is 3.51. The third-order valence-electron chi connectivity index (χ3n) is 4.56. The zero-order chi connectivity index (χ0) is 14.0. The van der Waals surface area contributed by atoms with Gasteiger partial charge in [0.15, 0.2) is 0 Å². The van der Waals surface area contributed by atoms with Crippen molar-refractivity contribution in [3.8, 4) is 5.75 Å². The highest BCUT2D eigenvalue weighted by Gasteiger charge is 2.45. The van der Waals surface area contributed by atoms with E-state index in [1.807, 2.05) is 0 Å². The van der Waals surface area contributed by atoms with Gasteiger partial charge >= 0.3 is 0 Å². The Balaban J connectivity index is 1.50. The lowest BCUT2D eigenvalue weighted by molar-refractivity contribution is 0.176. The maximum Gasteiger partial charge on any atom is 0.123 e. The first kappa shape index (κ1) is 13.9. The van der Waals surface area contributed by atoms with Gasteiger partial charge in [-0.3, -0.25) is 0 Å². The number of aryl methyl sites for hydroxylation is 1. The van der Waals surface area contributed by atoms with Crippen LogP contribution in [0, 0.1) is 12.3 Å². The molecule has 0 bridgehead atoms. The number of benzene rings is 1. The van der Waals surface area contributed by atoms with E-state index in [9.17, 15) is 0 Å². The Morgan fingerprint density at radius 1 is 1.40 bits per heavy atom. The highest BCUT2D eigenvalue weighted by atomic mass is 16.5. The Kier molecular flexibility index (Phi) is 3.99. The fourth-order valence-electron chi connectivity index (χ4n) is 3.20. The van der Waals surface area contributed by atoms with Crippen molar-refractivity contribution in [2.75, 3.05) is 26.8 Å². The molecule has 1 saturated carbocycles. The first-order valence-corrected chi connectivity index (χ1v) is 7.67. The van der Waals surface area contributed by atoms with Crippen LogP contribution in [0.3, 0.4) is 0 Å². The first-order chi connectivity index (χ1) is 9.71. The predicted octanol–water partition coefficient (Wildman–Crippen LogP) is 2.70. The van der Waals surface area contributed by atoms with Gasteiger partial charge in [-0.05, 0) is 43.2 Å². The van der Waals surface area contributed by atoms with Crippen LogP contribution in [0.4, 0.5) is 0 Å². The Morgan fingerprint density at radius 2 is 2.25 bits per heavy atom. The molecule has 1 aromatic carbocycles. The molecule has 1 heterocycles. The quantitative estimate of drug-likeness (QED) is 0.776. The predicted molar refractivity (Wildman–Crippen MR) is 80.3 cm³/mol. The summed E-state index contributed by atoms with van der Waals surface area (Å²) in [5.74, 6) is 1.10. The number of nitrogens with one attached hydrogen (secondary N) is 1. The van der Waals surface area contributed by atoms with E-state index in [2.05, 4.69) is 30.4 Å². The van der Waals surface area contributed by atoms with Crippen LogP contribution in [-0.4, -0.2) is 32.9 Å². The third kappa shape index (κ3) is 3.15. The molecule has 0 saturated heterocycles. The van der Waals surface area contributed by atoms with E-state index in [-0.39, 0.29) is 0 Å². The Hall–Kier alpha value is -1.06. The zero-order valence-electron chi connectivity index (χ0n) is 12.6. The van der Waals surface area contributed by atoms with E-state index in [0.29, 0.717) is 11.5 Å². The zero-order valence-corrected chi connectivity index (χ0v) is 12.6. The molecule has 0 amide bonds. The van der Waals surface area contributed by atoms with Crippen molar-refractivity contribution in [1.29, 1.82) is 0 Å². The Morgan fingerprint density at radius 3 is 3.00 bits per heavy atom. The van der Waals surface area contributed by atoms with Gasteiger partial charge in [0, 0.05) is 26.6 Å². The molecule has 1 aromatic rings. The second kappa shape index (κ2) is 5.74. The minimum absolute atomic E-state index is 0.374. The molecule has 20 heavy (non-hydrogen) atoms. The van der Waals surface area contributed by atoms with Gasteiger partial charge in [0.05, 0.1) is 6.61 Å². The van der Waals surface area contributed by atoms with E-state index in [1.54, 1.807) is 7.11 Å². The highest BCUT2D eigenvalue weighted by Crippen LogP contribution is 2.50. The maximum atomic E-state index is 6.11. The van der Waals surface area contributed by atoms with Crippen LogP contribution < -0.4 is 10.1 Å². The lowest BCUT2D eigenvalue weighted by Crippen LogP contribution is -2.30. The van der Waals surface area contributed by atoms with E-state index in [0.717, 1.165) is 31.9 Å². The molecular weight excluding hydrogens is 250 g/mol. The van der Waals surface area contributed by atoms with Crippen molar-refractivity contribution in [2.45, 2.75) is 38.7 Å². The van der Waals surface area contributed by atoms with E-state index in [1.165, 1.54) is 30.4 Å². The molecule has 2 aliphatic rings. The molecule has 3 heteroatoms. The van der Waals surface area contributed by atoms with Crippen molar-refractivity contribution in [3.05, 3.63) is 29.3 Å². The topological polar surface area (TPSA) is 30.5 Å². The van der Waals surface area contributed by atoms with Crippen LogP contribution in [0.2, 0.25) is 0 Å². The summed E-state index contributed by atoms with van der Waals surface area (Å²) in [6.07, 6.45) is 5.31. The Bertz CT molecular complexity index is 468. The Labute approximate surface area is 121 Å². The average Bonchev–Trinajstić information content (AvgIpc) is 3.06. The summed E-state index contributed by atoms with van der Waals surface area (Å²) in [5.41, 5.74) is 3.20. The minimum atomic E-state index is 0.374. The van der Waals surface area contributed by atoms with Crippen LogP contribution >= 0.6 is 0 Å². The molecule has 0 radical (unpaired) electrons. The number of rotatable bonds is 7. The van der Waals surface area contributed by atoms with Crippen LogP contribution in [0.15, 0.2) is 18.2 Å². The number of hydrogen-bond acceptors (Lipinski definition) is 3. The molecule has 1 aliphatic carbocycles. The summed E-state index contributed by atoms with van der Waals surface area (Å²) >= 11 is 0. The lowest BCUT2D eigenvalue weighted by atomic mass is 9.95. The van der Waals surface area contributed by atoms with Gasteiger partial charge in [-0.2, -0.15) is 0 Å². The third-order valence-corrected chi connectivity index (χ3v) is 4.56. The minimum Gasteiger partial charge on any atom is -0.490 e. The lowest BCUT2D eigenvalue weighted by Gasteiger charge is -2.20. The van der Waals surface area contributed by atoms with E-state index < -0.39 is 0 Å². The summed E-state index contributed by atoms with van der Waals surface area (Å²) in [7, 11) is 1.75. The molecular formula is C17H25NO2. The van der Waals surface area contributed by atoms with E-state index >= 15 is 0 Å². The van der Waals surface area contributed by atoms with Gasteiger partial charge in [0.25, 0.3) is 0 Å². The maximum absolute atomic E-state index is 6.11. The van der Waals surface area contributed by atoms with Crippen molar-refractivity contribution >= 4 is 0 Å². The second-order valence-corrected chi connectivity index (χ2v) is 6.43. The van der Waals surface area contributed by atoms with Crippen LogP contribution in [0.5, 0.6) is 5.75 Å². The molecule has 1 N–H and O–H groups in total. The molecule has 1 fully saturated rings. The van der Waals surface area contributed by atoms with Crippen molar-refractivity contribution in [2.24, 2.45) is 5.41 Å². The molecule has 0 aromatic heterocycles. The van der Waals surface area contributed by atoms with Gasteiger partial charge in [-0.1, -0.05) is 17.7 Å². The first-order valence-electron chi connectivity index (χ1n) is 7.67. The van der Waals surface area contributed by atoms with Gasteiger partial charge in [-0.15, -0.1) is 0 Å². The summed E-state index contributed by atoms with van der Waals surface area (Å²) in [6, 6.07) is 6.53. The molecule has 110 valence electrons. The molecule has 0 spiro atoms. The normalized spacial score (nSPS) is 22.4. The van der Waals surface area contributed by atoms with Crippen molar-refractivity contribution in [3.63, 3.8) is 0 Å². The number of hydrogen-bond donors (Lipinski definition) is 1. The fraction of sp³-hybridized carbons (Fsp3) is 0.647. The monoisotopic (exact) mass is 275 g/mol. The molecule has 1 aliphatic heterocycles. The van der Waals surface area contributed by atoms with Crippen molar-refractivity contribution in [1.82, 2.24) is 5.32 Å². The highest BCUT2D eigenvalue weighted by molar-refractivity contribution is 5.40. The summed E-state index contributed by atoms with van der Waals surface area (Å²) in [6.45, 7) is 4.99. The number of methoxy groups -OCH3 is 1. The molecule has 3 nitrogen and oxygen atoms in total. The average molecular weight is 275 g/mol. The van der Waals surface area contributed by atoms with Gasteiger partial charge in [0.1, 0.15) is 11.9 Å². The van der Waals surface area contributed by atoms with Crippen LogP contribution in [0.25, 0.3) is 0 Å². The largest absolute Gasteiger partial charge is 0.490 e. The van der Waals surface area contributed by atoms with Crippen molar-refractivity contribution < 1.29 is 9.47 Å².